The highest BCUT2D eigenvalue weighted by molar-refractivity contribution is 6.12. The van der Waals surface area contributed by atoms with Gasteiger partial charge in [-0.05, 0) is 53.6 Å². The van der Waals surface area contributed by atoms with Gasteiger partial charge in [0.15, 0.2) is 0 Å². The van der Waals surface area contributed by atoms with Gasteiger partial charge in [0.2, 0.25) is 0 Å². The van der Waals surface area contributed by atoms with Crippen molar-refractivity contribution in [3.8, 4) is 11.1 Å². The molecule has 0 saturated heterocycles. The van der Waals surface area contributed by atoms with Crippen LogP contribution in [0.25, 0.3) is 32.8 Å². The van der Waals surface area contributed by atoms with Crippen molar-refractivity contribution in [3.05, 3.63) is 78.0 Å². The predicted octanol–water partition coefficient (Wildman–Crippen LogP) is 5.67. The van der Waals surface area contributed by atoms with Gasteiger partial charge in [-0.1, -0.05) is 48.5 Å². The van der Waals surface area contributed by atoms with Crippen LogP contribution in [0, 0.1) is 13.8 Å². The van der Waals surface area contributed by atoms with Crippen molar-refractivity contribution in [2.75, 3.05) is 0 Å². The Morgan fingerprint density at radius 3 is 2.27 bits per heavy atom. The average Bonchev–Trinajstić information content (AvgIpc) is 2.55. The van der Waals surface area contributed by atoms with E-state index in [9.17, 15) is 0 Å². The maximum Gasteiger partial charge on any atom is 0.0786 e. The highest BCUT2D eigenvalue weighted by atomic mass is 14.6. The molecule has 0 aliphatic rings. The molecule has 4 aromatic rings. The summed E-state index contributed by atoms with van der Waals surface area (Å²) in [5.41, 5.74) is 6.29. The van der Waals surface area contributed by atoms with Crippen LogP contribution in [0.1, 0.15) is 11.1 Å². The molecule has 1 heterocycles. The maximum absolute atomic E-state index is 4.65. The first-order valence-corrected chi connectivity index (χ1v) is 7.59. The summed E-state index contributed by atoms with van der Waals surface area (Å²) < 4.78 is 0. The van der Waals surface area contributed by atoms with Crippen molar-refractivity contribution < 1.29 is 0 Å². The molecule has 0 radical (unpaired) electrons. The molecule has 1 nitrogen and oxygen atoms in total. The number of hydrogen-bond acceptors (Lipinski definition) is 1. The second-order valence-corrected chi connectivity index (χ2v) is 5.81. The fourth-order valence-electron chi connectivity index (χ4n) is 3.36. The Kier molecular flexibility index (Phi) is 2.93. The minimum absolute atomic E-state index is 1.08. The Morgan fingerprint density at radius 1 is 0.727 bits per heavy atom. The van der Waals surface area contributed by atoms with E-state index in [1.165, 1.54) is 38.4 Å². The van der Waals surface area contributed by atoms with Crippen LogP contribution >= 0.6 is 0 Å². The summed E-state index contributed by atoms with van der Waals surface area (Å²) in [5.74, 6) is 0. The molecule has 0 fully saturated rings. The van der Waals surface area contributed by atoms with Crippen LogP contribution in [0.15, 0.2) is 66.9 Å². The van der Waals surface area contributed by atoms with Crippen molar-refractivity contribution in [2.45, 2.75) is 13.8 Å². The van der Waals surface area contributed by atoms with E-state index in [4.69, 9.17) is 0 Å². The zero-order valence-corrected chi connectivity index (χ0v) is 12.8. The summed E-state index contributed by atoms with van der Waals surface area (Å²) in [7, 11) is 0. The molecule has 0 saturated carbocycles. The molecule has 1 heteroatoms. The van der Waals surface area contributed by atoms with Gasteiger partial charge >= 0.3 is 0 Å². The molecule has 0 bridgehead atoms. The second kappa shape index (κ2) is 4.96. The molecule has 0 aliphatic carbocycles. The van der Waals surface area contributed by atoms with Crippen LogP contribution in [0.4, 0.5) is 0 Å². The van der Waals surface area contributed by atoms with Gasteiger partial charge in [-0.2, -0.15) is 0 Å². The number of nitrogens with zero attached hydrogens (tertiary/aromatic N) is 1. The van der Waals surface area contributed by atoms with Crippen LogP contribution < -0.4 is 0 Å². The van der Waals surface area contributed by atoms with E-state index >= 15 is 0 Å². The van der Waals surface area contributed by atoms with E-state index in [1.807, 2.05) is 12.3 Å². The van der Waals surface area contributed by atoms with Gasteiger partial charge in [-0.3, -0.25) is 4.98 Å². The van der Waals surface area contributed by atoms with Crippen LogP contribution in [0.5, 0.6) is 0 Å². The molecular formula is C21H17N. The van der Waals surface area contributed by atoms with Crippen molar-refractivity contribution in [1.29, 1.82) is 0 Å². The quantitative estimate of drug-likeness (QED) is 0.410. The molecule has 0 atom stereocenters. The smallest absolute Gasteiger partial charge is 0.0786 e. The Bertz CT molecular complexity index is 979. The van der Waals surface area contributed by atoms with E-state index in [1.54, 1.807) is 0 Å². The van der Waals surface area contributed by atoms with E-state index in [0.717, 1.165) is 5.52 Å². The molecule has 0 unspecified atom stereocenters. The molecule has 4 rings (SSSR count). The first kappa shape index (κ1) is 13.0. The first-order valence-electron chi connectivity index (χ1n) is 7.59. The van der Waals surface area contributed by atoms with Gasteiger partial charge < -0.3 is 0 Å². The summed E-state index contributed by atoms with van der Waals surface area (Å²) >= 11 is 0. The Morgan fingerprint density at radius 2 is 1.45 bits per heavy atom. The molecule has 22 heavy (non-hydrogen) atoms. The van der Waals surface area contributed by atoms with Gasteiger partial charge in [0.1, 0.15) is 0 Å². The van der Waals surface area contributed by atoms with Crippen molar-refractivity contribution in [2.24, 2.45) is 0 Å². The first-order chi connectivity index (χ1) is 10.8. The summed E-state index contributed by atoms with van der Waals surface area (Å²) in [4.78, 5) is 4.65. The standard InChI is InChI=1S/C21H17N/c1-14-7-5-8-15(2)20(14)19-13-16-9-3-4-10-17(16)21-18(19)11-6-12-22-21/h3-13H,1-2H3. The maximum atomic E-state index is 4.65. The van der Waals surface area contributed by atoms with E-state index in [0.29, 0.717) is 0 Å². The SMILES string of the molecule is Cc1cccc(C)c1-c1cc2ccccc2c2ncccc12. The summed E-state index contributed by atoms with van der Waals surface area (Å²) in [6.07, 6.45) is 1.88. The zero-order valence-electron chi connectivity index (χ0n) is 12.8. The number of fused-ring (bicyclic) bond motifs is 3. The lowest BCUT2D eigenvalue weighted by Gasteiger charge is -2.14. The third-order valence-corrected chi connectivity index (χ3v) is 4.36. The van der Waals surface area contributed by atoms with E-state index < -0.39 is 0 Å². The minimum atomic E-state index is 1.08. The van der Waals surface area contributed by atoms with E-state index in [2.05, 4.69) is 73.4 Å². The number of hydrogen-bond donors (Lipinski definition) is 0. The molecular weight excluding hydrogens is 266 g/mol. The lowest BCUT2D eigenvalue weighted by Crippen LogP contribution is -1.91. The number of pyridine rings is 1. The van der Waals surface area contributed by atoms with Gasteiger partial charge in [0.25, 0.3) is 0 Å². The van der Waals surface area contributed by atoms with Crippen molar-refractivity contribution >= 4 is 21.7 Å². The Balaban J connectivity index is 2.21. The highest BCUT2D eigenvalue weighted by Gasteiger charge is 2.12. The van der Waals surface area contributed by atoms with Gasteiger partial charge in [0.05, 0.1) is 5.52 Å². The number of benzene rings is 3. The van der Waals surface area contributed by atoms with Gasteiger partial charge in [-0.15, -0.1) is 0 Å². The lowest BCUT2D eigenvalue weighted by atomic mass is 9.90. The predicted molar refractivity (Wildman–Crippen MR) is 94.2 cm³/mol. The number of aryl methyl sites for hydroxylation is 2. The van der Waals surface area contributed by atoms with Gasteiger partial charge in [-0.25, -0.2) is 0 Å². The minimum Gasteiger partial charge on any atom is -0.256 e. The second-order valence-electron chi connectivity index (χ2n) is 5.81. The van der Waals surface area contributed by atoms with Gasteiger partial charge in [0, 0.05) is 17.0 Å². The summed E-state index contributed by atoms with van der Waals surface area (Å²) in [6, 6.07) is 21.5. The third-order valence-electron chi connectivity index (χ3n) is 4.36. The van der Waals surface area contributed by atoms with Crippen LogP contribution in [0.2, 0.25) is 0 Å². The molecule has 106 valence electrons. The fourth-order valence-corrected chi connectivity index (χ4v) is 3.36. The fraction of sp³-hybridized carbons (Fsp3) is 0.0952. The molecule has 0 amide bonds. The Hall–Kier alpha value is -2.67. The van der Waals surface area contributed by atoms with Crippen LogP contribution in [0.3, 0.4) is 0 Å². The molecule has 0 spiro atoms. The van der Waals surface area contributed by atoms with Crippen molar-refractivity contribution in [1.82, 2.24) is 4.98 Å². The lowest BCUT2D eigenvalue weighted by molar-refractivity contribution is 1.38. The number of aromatic nitrogens is 1. The van der Waals surface area contributed by atoms with E-state index in [-0.39, 0.29) is 0 Å². The normalized spacial score (nSPS) is 11.2. The Labute approximate surface area is 130 Å². The average molecular weight is 283 g/mol. The third kappa shape index (κ3) is 1.90. The monoisotopic (exact) mass is 283 g/mol. The molecule has 0 aliphatic heterocycles. The molecule has 3 aromatic carbocycles. The highest BCUT2D eigenvalue weighted by Crippen LogP contribution is 2.36. The van der Waals surface area contributed by atoms with Crippen LogP contribution in [-0.2, 0) is 0 Å². The topological polar surface area (TPSA) is 12.9 Å². The summed E-state index contributed by atoms with van der Waals surface area (Å²) in [5, 5.41) is 3.68. The largest absolute Gasteiger partial charge is 0.256 e. The van der Waals surface area contributed by atoms with Crippen LogP contribution in [-0.4, -0.2) is 4.98 Å². The molecule has 1 aromatic heterocycles. The molecule has 0 N–H and O–H groups in total. The summed E-state index contributed by atoms with van der Waals surface area (Å²) in [6.45, 7) is 4.36. The zero-order chi connectivity index (χ0) is 15.1. The number of rotatable bonds is 1. The van der Waals surface area contributed by atoms with Crippen molar-refractivity contribution in [3.63, 3.8) is 0 Å².